The topological polar surface area (TPSA) is 43.4 Å². The number of allylic oxidation sites excluding steroid dienone is 5. The molecule has 5 rings (SSSR count). The van der Waals surface area contributed by atoms with Crippen molar-refractivity contribution in [3.63, 3.8) is 0 Å². The van der Waals surface area contributed by atoms with Crippen LogP contribution in [0, 0.1) is 46.3 Å². The van der Waals surface area contributed by atoms with Gasteiger partial charge in [-0.15, -0.1) is 0 Å². The van der Waals surface area contributed by atoms with Crippen LogP contribution < -0.4 is 0 Å². The van der Waals surface area contributed by atoms with Crippen molar-refractivity contribution in [1.29, 1.82) is 0 Å². The van der Waals surface area contributed by atoms with Gasteiger partial charge in [0.25, 0.3) is 0 Å². The van der Waals surface area contributed by atoms with Gasteiger partial charge in [0.1, 0.15) is 0 Å². The summed E-state index contributed by atoms with van der Waals surface area (Å²) < 4.78 is 25.3. The van der Waals surface area contributed by atoms with Gasteiger partial charge < -0.3 is 23.8 Å². The van der Waals surface area contributed by atoms with Crippen molar-refractivity contribution in [3.05, 3.63) is 36.0 Å². The Bertz CT molecular complexity index is 1350. The molecule has 0 aromatic rings. The van der Waals surface area contributed by atoms with Gasteiger partial charge in [-0.1, -0.05) is 135 Å². The molecule has 10 atom stereocenters. The molecule has 64 heavy (non-hydrogen) atoms. The third-order valence-corrected chi connectivity index (χ3v) is 17.7. The number of unbranched alkanes of at least 4 members (excludes halogenated alkanes) is 9. The van der Waals surface area contributed by atoms with Crippen LogP contribution in [-0.4, -0.2) is 101 Å². The minimum absolute atomic E-state index is 0.0846. The van der Waals surface area contributed by atoms with Gasteiger partial charge in [0.05, 0.1) is 45.2 Å². The molecule has 0 spiro atoms. The molecule has 1 aliphatic heterocycles. The summed E-state index contributed by atoms with van der Waals surface area (Å²) in [5, 5.41) is 0. The van der Waals surface area contributed by atoms with Crippen molar-refractivity contribution >= 4 is 0 Å². The van der Waals surface area contributed by atoms with Crippen molar-refractivity contribution in [2.24, 2.45) is 46.3 Å². The van der Waals surface area contributed by atoms with E-state index in [1.807, 2.05) is 0 Å². The second-order valence-corrected chi connectivity index (χ2v) is 23.0. The molecule has 0 aromatic carbocycles. The van der Waals surface area contributed by atoms with E-state index in [-0.39, 0.29) is 6.10 Å². The van der Waals surface area contributed by atoms with Gasteiger partial charge in [-0.05, 0) is 163 Å². The predicted octanol–water partition coefficient (Wildman–Crippen LogP) is 14.3. The molecule has 1 heterocycles. The fraction of sp³-hybridized carbons (Fsp3) is 0.897. The minimum Gasteiger partial charge on any atom is -0.379 e. The van der Waals surface area contributed by atoms with E-state index in [0.29, 0.717) is 56.0 Å². The van der Waals surface area contributed by atoms with Crippen molar-refractivity contribution in [1.82, 2.24) is 9.80 Å². The average molecular weight is 893 g/mol. The summed E-state index contributed by atoms with van der Waals surface area (Å²) in [6, 6.07) is 0.633. The number of hydrogen-bond acceptors (Lipinski definition) is 6. The molecule has 0 N–H and O–H groups in total. The van der Waals surface area contributed by atoms with Gasteiger partial charge >= 0.3 is 0 Å². The normalized spacial score (nSPS) is 30.7. The molecule has 0 aromatic heterocycles. The van der Waals surface area contributed by atoms with E-state index in [1.165, 1.54) is 135 Å². The molecule has 4 aliphatic carbocycles. The molecule has 370 valence electrons. The summed E-state index contributed by atoms with van der Waals surface area (Å²) >= 11 is 0. The lowest BCUT2D eigenvalue weighted by atomic mass is 9.47. The Hall–Kier alpha value is -1.02. The summed E-state index contributed by atoms with van der Waals surface area (Å²) in [6.45, 7) is 22.3. The molecule has 3 saturated carbocycles. The van der Waals surface area contributed by atoms with Gasteiger partial charge in [-0.3, -0.25) is 4.90 Å². The van der Waals surface area contributed by atoms with Crippen LogP contribution >= 0.6 is 0 Å². The summed E-state index contributed by atoms with van der Waals surface area (Å²) in [4.78, 5) is 4.94. The number of likely N-dealkylation sites (tertiary alicyclic amines) is 1. The second kappa shape index (κ2) is 29.1. The Labute approximate surface area is 396 Å². The van der Waals surface area contributed by atoms with E-state index >= 15 is 0 Å². The monoisotopic (exact) mass is 893 g/mol. The molecule has 6 heteroatoms. The second-order valence-electron chi connectivity index (χ2n) is 23.0. The summed E-state index contributed by atoms with van der Waals surface area (Å²) in [6.07, 6.45) is 44.1. The van der Waals surface area contributed by atoms with E-state index < -0.39 is 0 Å². The molecule has 1 saturated heterocycles. The van der Waals surface area contributed by atoms with Gasteiger partial charge in [-0.25, -0.2) is 0 Å². The maximum atomic E-state index is 6.54. The van der Waals surface area contributed by atoms with Crippen LogP contribution in [0.25, 0.3) is 0 Å². The summed E-state index contributed by atoms with van der Waals surface area (Å²) in [5.74, 6) is 5.35. The van der Waals surface area contributed by atoms with Crippen LogP contribution in [0.4, 0.5) is 0 Å². The zero-order valence-electron chi connectivity index (χ0n) is 43.4. The standard InChI is InChI=1S/C58H104N2O4/c1-9-10-11-12-13-14-15-16-17-18-19-20-21-22-23-24-38-62-46-52(45-60-37-34-50(44-60)59(7)8)64-42-40-61-39-41-63-51-32-35-57(5)49(43-51)28-29-53-55-31-30-54(48(4)27-25-26-47(2)3)58(55,6)36-33-56(53)57/h13-14,16-17,28,47-48,50-56H,9-12,15,18-27,29-46H2,1-8H3/b14-13-,17-16-/t48-,50?,51+,52?,53+,54-,55+,56+,57+,58-/m1/s1. The van der Waals surface area contributed by atoms with E-state index in [2.05, 4.69) is 95.8 Å². The molecule has 5 aliphatic rings. The first-order valence-electron chi connectivity index (χ1n) is 27.8. The Balaban J connectivity index is 0.931. The largest absolute Gasteiger partial charge is 0.379 e. The fourth-order valence-electron chi connectivity index (χ4n) is 13.7. The number of nitrogens with zero attached hydrogens (tertiary/aromatic N) is 2. The lowest BCUT2D eigenvalue weighted by Gasteiger charge is -2.58. The van der Waals surface area contributed by atoms with Crippen LogP contribution in [-0.2, 0) is 18.9 Å². The lowest BCUT2D eigenvalue weighted by Crippen LogP contribution is -2.51. The smallest absolute Gasteiger partial charge is 0.0936 e. The summed E-state index contributed by atoms with van der Waals surface area (Å²) in [7, 11) is 4.41. The highest BCUT2D eigenvalue weighted by Crippen LogP contribution is 2.67. The van der Waals surface area contributed by atoms with Gasteiger partial charge in [0.2, 0.25) is 0 Å². The Morgan fingerprint density at radius 3 is 2.25 bits per heavy atom. The first-order valence-corrected chi connectivity index (χ1v) is 27.8. The maximum Gasteiger partial charge on any atom is 0.0936 e. The van der Waals surface area contributed by atoms with E-state index in [9.17, 15) is 0 Å². The number of fused-ring (bicyclic) bond motifs is 5. The number of likely N-dealkylation sites (N-methyl/N-ethyl adjacent to an activating group) is 1. The van der Waals surface area contributed by atoms with Crippen LogP contribution in [0.3, 0.4) is 0 Å². The minimum atomic E-state index is 0.0846. The molecule has 2 unspecified atom stereocenters. The highest BCUT2D eigenvalue weighted by Gasteiger charge is 2.59. The van der Waals surface area contributed by atoms with E-state index in [4.69, 9.17) is 18.9 Å². The quantitative estimate of drug-likeness (QED) is 0.0483. The molecule has 4 fully saturated rings. The summed E-state index contributed by atoms with van der Waals surface area (Å²) in [5.41, 5.74) is 2.67. The fourth-order valence-corrected chi connectivity index (χ4v) is 13.7. The van der Waals surface area contributed by atoms with Crippen LogP contribution in [0.15, 0.2) is 36.0 Å². The number of ether oxygens (including phenoxy) is 4. The predicted molar refractivity (Wildman–Crippen MR) is 272 cm³/mol. The number of rotatable bonds is 33. The van der Waals surface area contributed by atoms with E-state index in [0.717, 1.165) is 81.0 Å². The van der Waals surface area contributed by atoms with Crippen molar-refractivity contribution in [2.45, 2.75) is 214 Å². The SMILES string of the molecule is CCCCC/C=C\C/C=C\CCCCCCCCOCC(CN1CCC(N(C)C)C1)OCCOCCO[C@H]1CC[C@@]2(C)C(=CC[C@H]3[C@@H]4CC[C@H]([C@H](C)CCCC(C)C)[C@@]4(C)CC[C@@H]32)C1. The third kappa shape index (κ3) is 16.9. The molecule has 6 nitrogen and oxygen atoms in total. The van der Waals surface area contributed by atoms with E-state index in [1.54, 1.807) is 5.57 Å². The van der Waals surface area contributed by atoms with Gasteiger partial charge in [-0.2, -0.15) is 0 Å². The third-order valence-electron chi connectivity index (χ3n) is 17.7. The van der Waals surface area contributed by atoms with Crippen LogP contribution in [0.5, 0.6) is 0 Å². The maximum absolute atomic E-state index is 6.54. The molecule has 0 bridgehead atoms. The Morgan fingerprint density at radius 2 is 1.50 bits per heavy atom. The molecule has 0 radical (unpaired) electrons. The molecular weight excluding hydrogens is 789 g/mol. The Kier molecular flexibility index (Phi) is 24.5. The van der Waals surface area contributed by atoms with Crippen LogP contribution in [0.1, 0.15) is 196 Å². The van der Waals surface area contributed by atoms with Crippen molar-refractivity contribution in [2.75, 3.05) is 73.4 Å². The zero-order chi connectivity index (χ0) is 45.6. The first-order chi connectivity index (χ1) is 31.0. The highest BCUT2D eigenvalue weighted by molar-refractivity contribution is 5.25. The van der Waals surface area contributed by atoms with Gasteiger partial charge in [0, 0.05) is 25.7 Å². The van der Waals surface area contributed by atoms with Gasteiger partial charge in [0.15, 0.2) is 0 Å². The molecule has 0 amide bonds. The zero-order valence-corrected chi connectivity index (χ0v) is 43.4. The van der Waals surface area contributed by atoms with Crippen molar-refractivity contribution in [3.8, 4) is 0 Å². The van der Waals surface area contributed by atoms with Crippen LogP contribution in [0.2, 0.25) is 0 Å². The molecular formula is C58H104N2O4. The average Bonchev–Trinajstić information content (AvgIpc) is 3.90. The Morgan fingerprint density at radius 1 is 0.750 bits per heavy atom. The highest BCUT2D eigenvalue weighted by atomic mass is 16.6. The number of hydrogen-bond donors (Lipinski definition) is 0. The first kappa shape index (κ1) is 53.9. The lowest BCUT2D eigenvalue weighted by molar-refractivity contribution is -0.0731. The van der Waals surface area contributed by atoms with Crippen molar-refractivity contribution < 1.29 is 18.9 Å².